The molecule has 0 aliphatic carbocycles. The van der Waals surface area contributed by atoms with Gasteiger partial charge < -0.3 is 14.6 Å². The number of carboxylic acid groups (broad SMARTS) is 1. The van der Waals surface area contributed by atoms with Crippen molar-refractivity contribution in [1.82, 2.24) is 0 Å². The minimum absolute atomic E-state index is 0.00587. The summed E-state index contributed by atoms with van der Waals surface area (Å²) in [4.78, 5) is 10.5. The smallest absolute Gasteiger partial charge is 0.307 e. The van der Waals surface area contributed by atoms with Gasteiger partial charge in [0.25, 0.3) is 0 Å². The summed E-state index contributed by atoms with van der Waals surface area (Å²) in [5, 5.41) is 8.60. The Morgan fingerprint density at radius 3 is 2.41 bits per heavy atom. The van der Waals surface area contributed by atoms with E-state index < -0.39 is 5.97 Å². The quantitative estimate of drug-likeness (QED) is 0.793. The van der Waals surface area contributed by atoms with Crippen molar-refractivity contribution >= 4 is 5.97 Å². The zero-order valence-corrected chi connectivity index (χ0v) is 10.2. The summed E-state index contributed by atoms with van der Waals surface area (Å²) in [6, 6.07) is 7.20. The van der Waals surface area contributed by atoms with Crippen LogP contribution in [-0.2, 0) is 4.79 Å². The van der Waals surface area contributed by atoms with Crippen LogP contribution in [0.4, 0.5) is 0 Å². The molecule has 0 unspecified atom stereocenters. The van der Waals surface area contributed by atoms with Crippen molar-refractivity contribution in [3.05, 3.63) is 24.3 Å². The van der Waals surface area contributed by atoms with Crippen molar-refractivity contribution < 1.29 is 19.4 Å². The number of hydrogen-bond acceptors (Lipinski definition) is 3. The Hall–Kier alpha value is -1.71. The first-order chi connectivity index (χ1) is 8.11. The molecule has 0 radical (unpaired) electrons. The van der Waals surface area contributed by atoms with E-state index in [1.807, 2.05) is 19.1 Å². The van der Waals surface area contributed by atoms with Crippen LogP contribution in [0.15, 0.2) is 24.3 Å². The molecule has 4 heteroatoms. The predicted molar refractivity (Wildman–Crippen MR) is 64.6 cm³/mol. The van der Waals surface area contributed by atoms with E-state index in [1.54, 1.807) is 19.1 Å². The van der Waals surface area contributed by atoms with Gasteiger partial charge in [-0.2, -0.15) is 0 Å². The first-order valence-electron chi connectivity index (χ1n) is 5.73. The summed E-state index contributed by atoms with van der Waals surface area (Å²) >= 11 is 0. The maximum Gasteiger partial charge on any atom is 0.307 e. The molecule has 4 nitrogen and oxygen atoms in total. The molecule has 0 aliphatic heterocycles. The van der Waals surface area contributed by atoms with Crippen molar-refractivity contribution in [2.24, 2.45) is 0 Å². The van der Waals surface area contributed by atoms with Crippen LogP contribution in [0.2, 0.25) is 0 Å². The minimum Gasteiger partial charge on any atom is -0.494 e. The van der Waals surface area contributed by atoms with E-state index in [0.717, 1.165) is 12.2 Å². The summed E-state index contributed by atoms with van der Waals surface area (Å²) in [5.41, 5.74) is 0. The SMILES string of the molecule is CCCOc1ccc(O[C@H](C)CC(=O)O)cc1. The minimum atomic E-state index is -0.861. The number of carbonyl (C=O) groups is 1. The van der Waals surface area contributed by atoms with E-state index in [1.165, 1.54) is 0 Å². The summed E-state index contributed by atoms with van der Waals surface area (Å²) in [7, 11) is 0. The average molecular weight is 238 g/mol. The number of ether oxygens (including phenoxy) is 2. The highest BCUT2D eigenvalue weighted by atomic mass is 16.5. The second-order valence-electron chi connectivity index (χ2n) is 3.85. The third-order valence-electron chi connectivity index (χ3n) is 2.10. The number of rotatable bonds is 7. The lowest BCUT2D eigenvalue weighted by atomic mass is 10.3. The molecule has 94 valence electrons. The summed E-state index contributed by atoms with van der Waals surface area (Å²) < 4.78 is 10.9. The maximum absolute atomic E-state index is 10.5. The van der Waals surface area contributed by atoms with Crippen molar-refractivity contribution in [3.8, 4) is 11.5 Å². The molecule has 0 bridgehead atoms. The highest BCUT2D eigenvalue weighted by Gasteiger charge is 2.08. The summed E-state index contributed by atoms with van der Waals surface area (Å²) in [6.07, 6.45) is 0.622. The van der Waals surface area contributed by atoms with Gasteiger partial charge in [-0.05, 0) is 37.6 Å². The lowest BCUT2D eigenvalue weighted by molar-refractivity contribution is -0.138. The Morgan fingerprint density at radius 2 is 1.88 bits per heavy atom. The van der Waals surface area contributed by atoms with Gasteiger partial charge in [-0.1, -0.05) is 6.92 Å². The van der Waals surface area contributed by atoms with Gasteiger partial charge in [0.05, 0.1) is 13.0 Å². The number of carboxylic acids is 1. The largest absolute Gasteiger partial charge is 0.494 e. The third-order valence-corrected chi connectivity index (χ3v) is 2.10. The Morgan fingerprint density at radius 1 is 1.29 bits per heavy atom. The van der Waals surface area contributed by atoms with Gasteiger partial charge >= 0.3 is 5.97 Å². The second kappa shape index (κ2) is 6.78. The molecular weight excluding hydrogens is 220 g/mol. The van der Waals surface area contributed by atoms with E-state index in [0.29, 0.717) is 12.4 Å². The Bertz CT molecular complexity index is 345. The molecule has 0 fully saturated rings. The Labute approximate surface area is 101 Å². The van der Waals surface area contributed by atoms with Gasteiger partial charge in [0.15, 0.2) is 0 Å². The fraction of sp³-hybridized carbons (Fsp3) is 0.462. The van der Waals surface area contributed by atoms with E-state index in [-0.39, 0.29) is 12.5 Å². The van der Waals surface area contributed by atoms with Gasteiger partial charge in [-0.25, -0.2) is 0 Å². The second-order valence-corrected chi connectivity index (χ2v) is 3.85. The summed E-state index contributed by atoms with van der Waals surface area (Å²) in [6.45, 7) is 4.47. The van der Waals surface area contributed by atoms with Gasteiger partial charge in [-0.3, -0.25) is 4.79 Å². The molecule has 0 spiro atoms. The lowest BCUT2D eigenvalue weighted by Crippen LogP contribution is -2.16. The van der Waals surface area contributed by atoms with Crippen LogP contribution in [0.1, 0.15) is 26.7 Å². The van der Waals surface area contributed by atoms with Crippen molar-refractivity contribution in [3.63, 3.8) is 0 Å². The van der Waals surface area contributed by atoms with Crippen LogP contribution in [-0.4, -0.2) is 23.8 Å². The molecular formula is C13H18O4. The van der Waals surface area contributed by atoms with E-state index in [2.05, 4.69) is 0 Å². The monoisotopic (exact) mass is 238 g/mol. The molecule has 1 atom stereocenters. The maximum atomic E-state index is 10.5. The Kier molecular flexibility index (Phi) is 5.33. The van der Waals surface area contributed by atoms with E-state index >= 15 is 0 Å². The molecule has 1 aromatic rings. The first kappa shape index (κ1) is 13.4. The molecule has 1 rings (SSSR count). The van der Waals surface area contributed by atoms with Crippen LogP contribution in [0.5, 0.6) is 11.5 Å². The molecule has 1 aromatic carbocycles. The van der Waals surface area contributed by atoms with Crippen LogP contribution in [0.3, 0.4) is 0 Å². The number of aliphatic carboxylic acids is 1. The molecule has 1 N–H and O–H groups in total. The van der Waals surface area contributed by atoms with E-state index in [4.69, 9.17) is 14.6 Å². The van der Waals surface area contributed by atoms with Crippen molar-refractivity contribution in [1.29, 1.82) is 0 Å². The lowest BCUT2D eigenvalue weighted by Gasteiger charge is -2.13. The fourth-order valence-corrected chi connectivity index (χ4v) is 1.35. The molecule has 0 heterocycles. The topological polar surface area (TPSA) is 55.8 Å². The third kappa shape index (κ3) is 5.24. The van der Waals surface area contributed by atoms with Crippen LogP contribution < -0.4 is 9.47 Å². The van der Waals surface area contributed by atoms with Gasteiger partial charge in [0, 0.05) is 0 Å². The van der Waals surface area contributed by atoms with Crippen molar-refractivity contribution in [2.45, 2.75) is 32.8 Å². The normalized spacial score (nSPS) is 11.9. The predicted octanol–water partition coefficient (Wildman–Crippen LogP) is 2.72. The summed E-state index contributed by atoms with van der Waals surface area (Å²) in [5.74, 6) is 0.591. The van der Waals surface area contributed by atoms with Gasteiger partial charge in [-0.15, -0.1) is 0 Å². The standard InChI is InChI=1S/C13H18O4/c1-3-8-16-11-4-6-12(7-5-11)17-10(2)9-13(14)15/h4-7,10H,3,8-9H2,1-2H3,(H,14,15)/t10-/m1/s1. The van der Waals surface area contributed by atoms with Crippen molar-refractivity contribution in [2.75, 3.05) is 6.61 Å². The molecule has 0 aromatic heterocycles. The molecule has 17 heavy (non-hydrogen) atoms. The average Bonchev–Trinajstić information content (AvgIpc) is 2.27. The highest BCUT2D eigenvalue weighted by Crippen LogP contribution is 2.19. The molecule has 0 saturated carbocycles. The Balaban J connectivity index is 2.47. The first-order valence-corrected chi connectivity index (χ1v) is 5.73. The van der Waals surface area contributed by atoms with Crippen LogP contribution in [0, 0.1) is 0 Å². The molecule has 0 amide bonds. The number of hydrogen-bond donors (Lipinski definition) is 1. The fourth-order valence-electron chi connectivity index (χ4n) is 1.35. The van der Waals surface area contributed by atoms with Crippen LogP contribution in [0.25, 0.3) is 0 Å². The highest BCUT2D eigenvalue weighted by molar-refractivity contribution is 5.67. The number of benzene rings is 1. The van der Waals surface area contributed by atoms with Crippen LogP contribution >= 0.6 is 0 Å². The molecule has 0 aliphatic rings. The van der Waals surface area contributed by atoms with Gasteiger partial charge in [0.2, 0.25) is 0 Å². The zero-order valence-electron chi connectivity index (χ0n) is 10.2. The zero-order chi connectivity index (χ0) is 12.7. The van der Waals surface area contributed by atoms with Gasteiger partial charge in [0.1, 0.15) is 17.6 Å². The molecule has 0 saturated heterocycles. The van der Waals surface area contributed by atoms with E-state index in [9.17, 15) is 4.79 Å².